The van der Waals surface area contributed by atoms with Crippen molar-refractivity contribution in [1.82, 2.24) is 0 Å². The lowest BCUT2D eigenvalue weighted by Gasteiger charge is -2.27. The van der Waals surface area contributed by atoms with Crippen LogP contribution in [0.1, 0.15) is 154 Å². The maximum atomic E-state index is 11.7. The molecule has 0 bridgehead atoms. The van der Waals surface area contributed by atoms with Crippen molar-refractivity contribution in [2.24, 2.45) is 0 Å². The number of fused-ring (bicyclic) bond motifs is 1. The normalized spacial score (nSPS) is 14.7. The lowest BCUT2D eigenvalue weighted by molar-refractivity contribution is 0.483. The first-order valence-corrected chi connectivity index (χ1v) is 19.1. The second kappa shape index (κ2) is 20.8. The van der Waals surface area contributed by atoms with E-state index >= 15 is 0 Å². The molecule has 43 heavy (non-hydrogen) atoms. The monoisotopic (exact) mass is 612 g/mol. The second-order valence-electron chi connectivity index (χ2n) is 12.8. The molecule has 0 aliphatic carbocycles. The van der Waals surface area contributed by atoms with Crippen LogP contribution in [0.3, 0.4) is 0 Å². The molecule has 5 nitrogen and oxygen atoms in total. The Bertz CT molecular complexity index is 1110. The molecule has 1 unspecified atom stereocenters. The first kappa shape index (κ1) is 35.4. The maximum Gasteiger partial charge on any atom is 0.294 e. The number of nitrogens with zero attached hydrogens (tertiary/aromatic N) is 1. The van der Waals surface area contributed by atoms with E-state index in [0.29, 0.717) is 0 Å². The molecule has 1 heterocycles. The SMILES string of the molecule is CCCCCCCCCCCCCCCCCCCCCCCC1Nc2cc(S(=O)(=O)O)ccc2N1Cc1ccccc1. The smallest absolute Gasteiger partial charge is 0.294 e. The van der Waals surface area contributed by atoms with Gasteiger partial charge in [-0.05, 0) is 36.6 Å². The predicted octanol–water partition coefficient (Wildman–Crippen LogP) is 11.3. The zero-order valence-corrected chi connectivity index (χ0v) is 27.9. The zero-order valence-electron chi connectivity index (χ0n) is 27.1. The first-order valence-electron chi connectivity index (χ1n) is 17.7. The third kappa shape index (κ3) is 14.1. The van der Waals surface area contributed by atoms with Crippen molar-refractivity contribution in [2.45, 2.75) is 166 Å². The summed E-state index contributed by atoms with van der Waals surface area (Å²) in [5, 5.41) is 3.53. The van der Waals surface area contributed by atoms with Crippen molar-refractivity contribution in [3.05, 3.63) is 54.1 Å². The molecule has 0 fully saturated rings. The number of anilines is 2. The number of hydrogen-bond donors (Lipinski definition) is 2. The standard InChI is InChI=1S/C37H60N2O3S/c1-2-3-4-5-6-7-8-9-10-11-12-13-14-15-16-17-18-19-20-21-25-28-37-38-35-31-34(43(40,41)42)29-30-36(35)39(37)32-33-26-23-22-24-27-33/h22-24,26-27,29-31,37-38H,2-21,25,28,32H2,1H3,(H,40,41,42). The molecule has 2 aromatic rings. The molecule has 3 rings (SSSR count). The molecule has 1 aliphatic rings. The zero-order chi connectivity index (χ0) is 30.6. The van der Waals surface area contributed by atoms with Crippen LogP contribution >= 0.6 is 0 Å². The fraction of sp³-hybridized carbons (Fsp3) is 0.676. The van der Waals surface area contributed by atoms with E-state index in [0.717, 1.165) is 30.8 Å². The van der Waals surface area contributed by atoms with Gasteiger partial charge in [0.2, 0.25) is 0 Å². The lowest BCUT2D eigenvalue weighted by Crippen LogP contribution is -2.35. The van der Waals surface area contributed by atoms with E-state index in [-0.39, 0.29) is 11.1 Å². The summed E-state index contributed by atoms with van der Waals surface area (Å²) in [4.78, 5) is 2.27. The van der Waals surface area contributed by atoms with Crippen molar-refractivity contribution in [1.29, 1.82) is 0 Å². The van der Waals surface area contributed by atoms with Crippen LogP contribution < -0.4 is 10.2 Å². The van der Waals surface area contributed by atoms with E-state index in [9.17, 15) is 13.0 Å². The molecular weight excluding hydrogens is 552 g/mol. The van der Waals surface area contributed by atoms with Crippen molar-refractivity contribution < 1.29 is 13.0 Å². The van der Waals surface area contributed by atoms with E-state index in [1.165, 1.54) is 140 Å². The molecule has 2 N–H and O–H groups in total. The van der Waals surface area contributed by atoms with Gasteiger partial charge in [0.05, 0.1) is 22.4 Å². The number of benzene rings is 2. The topological polar surface area (TPSA) is 69.6 Å². The summed E-state index contributed by atoms with van der Waals surface area (Å²) < 4.78 is 32.9. The Labute approximate surface area is 264 Å². The van der Waals surface area contributed by atoms with Gasteiger partial charge in [-0.3, -0.25) is 4.55 Å². The highest BCUT2D eigenvalue weighted by molar-refractivity contribution is 7.85. The van der Waals surface area contributed by atoms with Crippen molar-refractivity contribution >= 4 is 21.5 Å². The summed E-state index contributed by atoms with van der Waals surface area (Å²) in [5.41, 5.74) is 2.99. The first-order chi connectivity index (χ1) is 21.0. The molecule has 0 saturated carbocycles. The van der Waals surface area contributed by atoms with Crippen LogP contribution in [0.25, 0.3) is 0 Å². The quantitative estimate of drug-likeness (QED) is 0.0862. The maximum absolute atomic E-state index is 11.7. The Hall–Kier alpha value is -2.05. The van der Waals surface area contributed by atoms with Gasteiger partial charge in [0, 0.05) is 6.54 Å². The lowest BCUT2D eigenvalue weighted by atomic mass is 10.0. The van der Waals surface area contributed by atoms with Gasteiger partial charge in [-0.2, -0.15) is 8.42 Å². The highest BCUT2D eigenvalue weighted by Crippen LogP contribution is 2.38. The van der Waals surface area contributed by atoms with Crippen molar-refractivity contribution in [3.63, 3.8) is 0 Å². The van der Waals surface area contributed by atoms with Gasteiger partial charge in [-0.25, -0.2) is 0 Å². The summed E-state index contributed by atoms with van der Waals surface area (Å²) in [6, 6.07) is 15.2. The molecule has 0 amide bonds. The summed E-state index contributed by atoms with van der Waals surface area (Å²) >= 11 is 0. The van der Waals surface area contributed by atoms with Crippen molar-refractivity contribution in [2.75, 3.05) is 10.2 Å². The van der Waals surface area contributed by atoms with Crippen LogP contribution in [-0.4, -0.2) is 19.1 Å². The number of nitrogens with one attached hydrogen (secondary N) is 1. The number of hydrogen-bond acceptors (Lipinski definition) is 4. The van der Waals surface area contributed by atoms with Gasteiger partial charge in [-0.15, -0.1) is 0 Å². The van der Waals surface area contributed by atoms with Crippen LogP contribution in [0.15, 0.2) is 53.4 Å². The molecule has 6 heteroatoms. The van der Waals surface area contributed by atoms with Gasteiger partial charge in [0.1, 0.15) is 0 Å². The summed E-state index contributed by atoms with van der Waals surface area (Å²) in [6.07, 6.45) is 30.2. The predicted molar refractivity (Wildman–Crippen MR) is 184 cm³/mol. The number of rotatable bonds is 25. The highest BCUT2D eigenvalue weighted by atomic mass is 32.2. The minimum Gasteiger partial charge on any atom is -0.363 e. The third-order valence-corrected chi connectivity index (χ3v) is 9.90. The third-order valence-electron chi connectivity index (χ3n) is 9.05. The number of unbranched alkanes of at least 4 members (excludes halogenated alkanes) is 20. The van der Waals surface area contributed by atoms with Gasteiger partial charge < -0.3 is 10.2 Å². The minimum absolute atomic E-state index is 0.0619. The molecule has 242 valence electrons. The summed E-state index contributed by atoms with van der Waals surface area (Å²) in [7, 11) is -4.23. The van der Waals surface area contributed by atoms with Gasteiger partial charge in [0.15, 0.2) is 0 Å². The average molecular weight is 613 g/mol. The molecule has 0 aromatic heterocycles. The molecule has 0 spiro atoms. The van der Waals surface area contributed by atoms with E-state index in [1.54, 1.807) is 6.07 Å². The molecule has 0 saturated heterocycles. The van der Waals surface area contributed by atoms with E-state index in [2.05, 4.69) is 41.4 Å². The molecule has 2 aromatic carbocycles. The van der Waals surface area contributed by atoms with Crippen LogP contribution in [0.4, 0.5) is 11.4 Å². The van der Waals surface area contributed by atoms with Gasteiger partial charge in [-0.1, -0.05) is 166 Å². The highest BCUT2D eigenvalue weighted by Gasteiger charge is 2.29. The van der Waals surface area contributed by atoms with E-state index < -0.39 is 10.1 Å². The van der Waals surface area contributed by atoms with Crippen LogP contribution in [0.2, 0.25) is 0 Å². The Kier molecular flexibility index (Phi) is 17.2. The Morgan fingerprint density at radius 2 is 1.12 bits per heavy atom. The van der Waals surface area contributed by atoms with Crippen molar-refractivity contribution in [3.8, 4) is 0 Å². The molecular formula is C37H60N2O3S. The fourth-order valence-corrected chi connectivity index (χ4v) is 6.95. The largest absolute Gasteiger partial charge is 0.363 e. The molecule has 0 radical (unpaired) electrons. The Morgan fingerprint density at radius 3 is 1.58 bits per heavy atom. The fourth-order valence-electron chi connectivity index (χ4n) is 6.44. The van der Waals surface area contributed by atoms with Gasteiger partial charge in [0.25, 0.3) is 10.1 Å². The van der Waals surface area contributed by atoms with Crippen LogP contribution in [0, 0.1) is 0 Å². The van der Waals surface area contributed by atoms with Gasteiger partial charge >= 0.3 is 0 Å². The average Bonchev–Trinajstić information content (AvgIpc) is 3.34. The second-order valence-corrected chi connectivity index (χ2v) is 14.2. The van der Waals surface area contributed by atoms with E-state index in [1.807, 2.05) is 12.1 Å². The minimum atomic E-state index is -4.23. The van der Waals surface area contributed by atoms with Crippen LogP contribution in [-0.2, 0) is 16.7 Å². The Morgan fingerprint density at radius 1 is 0.651 bits per heavy atom. The molecule has 1 aliphatic heterocycles. The van der Waals surface area contributed by atoms with E-state index in [4.69, 9.17) is 0 Å². The summed E-state index contributed by atoms with van der Waals surface area (Å²) in [6.45, 7) is 3.05. The molecule has 1 atom stereocenters. The Balaban J connectivity index is 1.20. The summed E-state index contributed by atoms with van der Waals surface area (Å²) in [5.74, 6) is 0. The van der Waals surface area contributed by atoms with Crippen LogP contribution in [0.5, 0.6) is 0 Å².